The first-order valence-electron chi connectivity index (χ1n) is 5.58. The fourth-order valence-electron chi connectivity index (χ4n) is 1.50. The number of aromatic nitrogens is 3. The van der Waals surface area contributed by atoms with Crippen molar-refractivity contribution >= 4 is 27.7 Å². The standard InChI is InChI=1S/C12H14BrN5/c1-8(10-5-3-4-6-15-10)17-11-9(13)7-16-12(14-2)18-11/h3-8H,1-2H3,(H2,14,16,17,18). The Morgan fingerprint density at radius 3 is 2.78 bits per heavy atom. The number of rotatable bonds is 4. The van der Waals surface area contributed by atoms with Crippen molar-refractivity contribution in [2.75, 3.05) is 17.7 Å². The van der Waals surface area contributed by atoms with E-state index < -0.39 is 0 Å². The van der Waals surface area contributed by atoms with Gasteiger partial charge < -0.3 is 10.6 Å². The van der Waals surface area contributed by atoms with Crippen LogP contribution in [0, 0.1) is 0 Å². The summed E-state index contributed by atoms with van der Waals surface area (Å²) >= 11 is 3.42. The van der Waals surface area contributed by atoms with Gasteiger partial charge in [0, 0.05) is 19.4 Å². The van der Waals surface area contributed by atoms with Crippen molar-refractivity contribution in [2.24, 2.45) is 0 Å². The van der Waals surface area contributed by atoms with Crippen molar-refractivity contribution in [1.82, 2.24) is 15.0 Å². The summed E-state index contributed by atoms with van der Waals surface area (Å²) in [5, 5.41) is 6.21. The first-order chi connectivity index (χ1) is 8.70. The molecular weight excluding hydrogens is 294 g/mol. The Labute approximate surface area is 114 Å². The highest BCUT2D eigenvalue weighted by Crippen LogP contribution is 2.24. The third kappa shape index (κ3) is 2.95. The third-order valence-electron chi connectivity index (χ3n) is 2.45. The fourth-order valence-corrected chi connectivity index (χ4v) is 1.81. The Kier molecular flexibility index (Phi) is 4.09. The molecule has 0 saturated carbocycles. The van der Waals surface area contributed by atoms with Crippen LogP contribution in [0.15, 0.2) is 35.1 Å². The van der Waals surface area contributed by atoms with Gasteiger partial charge in [-0.25, -0.2) is 4.98 Å². The van der Waals surface area contributed by atoms with E-state index in [1.54, 1.807) is 19.4 Å². The molecule has 1 unspecified atom stereocenters. The number of nitrogens with one attached hydrogen (secondary N) is 2. The van der Waals surface area contributed by atoms with E-state index in [0.29, 0.717) is 5.95 Å². The maximum atomic E-state index is 4.35. The average molecular weight is 308 g/mol. The van der Waals surface area contributed by atoms with Gasteiger partial charge >= 0.3 is 0 Å². The van der Waals surface area contributed by atoms with E-state index in [2.05, 4.69) is 41.5 Å². The maximum absolute atomic E-state index is 4.35. The summed E-state index contributed by atoms with van der Waals surface area (Å²) < 4.78 is 0.823. The summed E-state index contributed by atoms with van der Waals surface area (Å²) in [6.45, 7) is 2.04. The van der Waals surface area contributed by atoms with Gasteiger partial charge in [-0.15, -0.1) is 0 Å². The smallest absolute Gasteiger partial charge is 0.224 e. The molecule has 0 amide bonds. The zero-order chi connectivity index (χ0) is 13.0. The molecule has 0 spiro atoms. The van der Waals surface area contributed by atoms with Crippen LogP contribution in [0.25, 0.3) is 0 Å². The number of anilines is 2. The van der Waals surface area contributed by atoms with Crippen LogP contribution in [0.4, 0.5) is 11.8 Å². The van der Waals surface area contributed by atoms with E-state index in [1.165, 1.54) is 0 Å². The van der Waals surface area contributed by atoms with Crippen molar-refractivity contribution < 1.29 is 0 Å². The number of hydrogen-bond acceptors (Lipinski definition) is 5. The van der Waals surface area contributed by atoms with Gasteiger partial charge in [-0.05, 0) is 35.0 Å². The monoisotopic (exact) mass is 307 g/mol. The molecule has 2 aromatic rings. The molecule has 0 aliphatic carbocycles. The van der Waals surface area contributed by atoms with Gasteiger partial charge in [0.15, 0.2) is 0 Å². The molecule has 18 heavy (non-hydrogen) atoms. The maximum Gasteiger partial charge on any atom is 0.224 e. The number of nitrogens with zero attached hydrogens (tertiary/aromatic N) is 3. The molecular formula is C12H14BrN5. The lowest BCUT2D eigenvalue weighted by Crippen LogP contribution is -2.11. The second-order valence-electron chi connectivity index (χ2n) is 3.76. The minimum atomic E-state index is 0.0714. The van der Waals surface area contributed by atoms with Gasteiger partial charge in [-0.3, -0.25) is 4.98 Å². The molecule has 1 atom stereocenters. The lowest BCUT2D eigenvalue weighted by molar-refractivity contribution is 0.829. The van der Waals surface area contributed by atoms with Crippen LogP contribution in [0.3, 0.4) is 0 Å². The van der Waals surface area contributed by atoms with Crippen LogP contribution in [0.2, 0.25) is 0 Å². The van der Waals surface area contributed by atoms with Crippen molar-refractivity contribution in [3.05, 3.63) is 40.8 Å². The molecule has 0 aliphatic heterocycles. The zero-order valence-electron chi connectivity index (χ0n) is 10.2. The predicted molar refractivity (Wildman–Crippen MR) is 75.6 cm³/mol. The Morgan fingerprint density at radius 1 is 1.28 bits per heavy atom. The van der Waals surface area contributed by atoms with E-state index in [1.807, 2.05) is 25.1 Å². The van der Waals surface area contributed by atoms with E-state index in [0.717, 1.165) is 16.0 Å². The zero-order valence-corrected chi connectivity index (χ0v) is 11.8. The summed E-state index contributed by atoms with van der Waals surface area (Å²) in [6, 6.07) is 5.91. The molecule has 6 heteroatoms. The molecule has 2 N–H and O–H groups in total. The van der Waals surface area contributed by atoms with E-state index in [9.17, 15) is 0 Å². The van der Waals surface area contributed by atoms with Crippen LogP contribution < -0.4 is 10.6 Å². The van der Waals surface area contributed by atoms with Gasteiger partial charge in [0.1, 0.15) is 5.82 Å². The van der Waals surface area contributed by atoms with Crippen molar-refractivity contribution in [3.8, 4) is 0 Å². The Morgan fingerprint density at radius 2 is 2.11 bits per heavy atom. The molecule has 94 valence electrons. The first-order valence-corrected chi connectivity index (χ1v) is 6.37. The van der Waals surface area contributed by atoms with Crippen LogP contribution in [-0.4, -0.2) is 22.0 Å². The summed E-state index contributed by atoms with van der Waals surface area (Å²) in [7, 11) is 1.79. The second-order valence-corrected chi connectivity index (χ2v) is 4.62. The van der Waals surface area contributed by atoms with Gasteiger partial charge in [-0.1, -0.05) is 6.07 Å². The molecule has 0 aromatic carbocycles. The Hall–Kier alpha value is -1.69. The molecule has 0 saturated heterocycles. The quantitative estimate of drug-likeness (QED) is 0.909. The normalized spacial score (nSPS) is 11.9. The van der Waals surface area contributed by atoms with Crippen LogP contribution >= 0.6 is 15.9 Å². The number of hydrogen-bond donors (Lipinski definition) is 2. The van der Waals surface area contributed by atoms with E-state index in [4.69, 9.17) is 0 Å². The number of pyridine rings is 1. The summed E-state index contributed by atoms with van der Waals surface area (Å²) in [5.41, 5.74) is 0.967. The molecule has 0 bridgehead atoms. The van der Waals surface area contributed by atoms with E-state index in [-0.39, 0.29) is 6.04 Å². The molecule has 0 aliphatic rings. The Bertz CT molecular complexity index is 517. The molecule has 2 aromatic heterocycles. The molecule has 0 fully saturated rings. The number of halogens is 1. The van der Waals surface area contributed by atoms with Crippen molar-refractivity contribution in [2.45, 2.75) is 13.0 Å². The largest absolute Gasteiger partial charge is 0.361 e. The SMILES string of the molecule is CNc1ncc(Br)c(NC(C)c2ccccn2)n1. The highest BCUT2D eigenvalue weighted by Gasteiger charge is 2.10. The van der Waals surface area contributed by atoms with Gasteiger partial charge in [-0.2, -0.15) is 4.98 Å². The topological polar surface area (TPSA) is 62.7 Å². The van der Waals surface area contributed by atoms with E-state index >= 15 is 0 Å². The molecule has 0 radical (unpaired) electrons. The minimum absolute atomic E-state index is 0.0714. The summed E-state index contributed by atoms with van der Waals surface area (Å²) in [6.07, 6.45) is 3.49. The molecule has 2 heterocycles. The third-order valence-corrected chi connectivity index (χ3v) is 3.03. The predicted octanol–water partition coefficient (Wildman–Crippen LogP) is 2.85. The van der Waals surface area contributed by atoms with Gasteiger partial charge in [0.05, 0.1) is 16.2 Å². The summed E-state index contributed by atoms with van der Waals surface area (Å²) in [5.74, 6) is 1.32. The Balaban J connectivity index is 2.18. The van der Waals surface area contributed by atoms with Crippen molar-refractivity contribution in [1.29, 1.82) is 0 Å². The van der Waals surface area contributed by atoms with Crippen LogP contribution in [-0.2, 0) is 0 Å². The van der Waals surface area contributed by atoms with Crippen LogP contribution in [0.1, 0.15) is 18.7 Å². The van der Waals surface area contributed by atoms with Crippen LogP contribution in [0.5, 0.6) is 0 Å². The second kappa shape index (κ2) is 5.77. The summed E-state index contributed by atoms with van der Waals surface area (Å²) in [4.78, 5) is 12.8. The lowest BCUT2D eigenvalue weighted by Gasteiger charge is -2.15. The molecule has 2 rings (SSSR count). The van der Waals surface area contributed by atoms with Crippen molar-refractivity contribution in [3.63, 3.8) is 0 Å². The highest BCUT2D eigenvalue weighted by molar-refractivity contribution is 9.10. The fraction of sp³-hybridized carbons (Fsp3) is 0.250. The molecule has 5 nitrogen and oxygen atoms in total. The van der Waals surface area contributed by atoms with Gasteiger partial charge in [0.2, 0.25) is 5.95 Å². The average Bonchev–Trinajstić information content (AvgIpc) is 2.42. The van der Waals surface area contributed by atoms with Gasteiger partial charge in [0.25, 0.3) is 0 Å². The highest BCUT2D eigenvalue weighted by atomic mass is 79.9. The lowest BCUT2D eigenvalue weighted by atomic mass is 10.2. The minimum Gasteiger partial charge on any atom is -0.361 e. The first kappa shape index (κ1) is 12.8.